The van der Waals surface area contributed by atoms with E-state index in [0.29, 0.717) is 45.6 Å². The van der Waals surface area contributed by atoms with Crippen LogP contribution >= 0.6 is 0 Å². The van der Waals surface area contributed by atoms with Crippen LogP contribution in [-0.4, -0.2) is 73.6 Å². The standard InChI is InChI=1S/C8H19N3O2.C6H14N2O2.C2H7NO.2CH4.5ClH/c9-4-2-1-3-7(11)8(12)13-6-5-10;7-4-2-1-3-5(8)6(9)10;3-1-2-4;;;;;;;/h7H,1-6,9-11H2;5H,1-4,7-8H2,(H,9,10);4H,1-3H2;2*1H4;5*1H/p-4/t7-;5-;;;;;;;;/m00......../s1. The van der Waals surface area contributed by atoms with Crippen molar-refractivity contribution in [2.24, 2.45) is 28.7 Å². The molecule has 11 nitrogen and oxygen atoms in total. The Balaban J connectivity index is -0.0000000314. The number of ether oxygens (including phenoxy) is 1. The first kappa shape index (κ1) is 64.3. The summed E-state index contributed by atoms with van der Waals surface area (Å²) in [7, 11) is 0. The molecule has 0 bridgehead atoms. The van der Waals surface area contributed by atoms with Crippen LogP contribution in [0.25, 0.3) is 0 Å². The van der Waals surface area contributed by atoms with Crippen molar-refractivity contribution in [1.82, 2.24) is 0 Å². The van der Waals surface area contributed by atoms with E-state index in [-0.39, 0.29) is 89.5 Å². The summed E-state index contributed by atoms with van der Waals surface area (Å²) in [6.07, 6.45) is 4.58. The van der Waals surface area contributed by atoms with Crippen molar-refractivity contribution in [1.29, 1.82) is 0 Å². The molecule has 15 N–H and O–H groups in total. The zero-order valence-electron chi connectivity index (χ0n) is 18.2. The molecule has 2 atom stereocenters. The van der Waals surface area contributed by atoms with E-state index in [1.807, 2.05) is 0 Å². The lowest BCUT2D eigenvalue weighted by molar-refractivity contribution is -0.372. The fourth-order valence-corrected chi connectivity index (χ4v) is 1.54. The molecule has 0 saturated carbocycles. The van der Waals surface area contributed by atoms with Crippen LogP contribution in [0.2, 0.25) is 0 Å². The maximum absolute atomic E-state index is 11.1. The Hall–Kier alpha value is 0.110. The maximum atomic E-state index is 11.1. The second-order valence-electron chi connectivity index (χ2n) is 5.65. The number of carbonyl (C=O) groups is 2. The highest BCUT2D eigenvalue weighted by molar-refractivity contribution is 5.75. The Morgan fingerprint density at radius 3 is 1.38 bits per heavy atom. The summed E-state index contributed by atoms with van der Waals surface area (Å²) in [5, 5.41) is 16.1. The Morgan fingerprint density at radius 2 is 1.12 bits per heavy atom. The van der Waals surface area contributed by atoms with Gasteiger partial charge in [0.2, 0.25) is 0 Å². The van der Waals surface area contributed by atoms with Crippen LogP contribution < -0.4 is 96.4 Å². The first-order valence-electron chi connectivity index (χ1n) is 9.23. The number of hydrogen-bond donors (Lipinski definition) is 8. The van der Waals surface area contributed by atoms with E-state index >= 15 is 0 Å². The second-order valence-corrected chi connectivity index (χ2v) is 5.65. The molecular formula is C18H49Cl5N6O5-4. The summed E-state index contributed by atoms with van der Waals surface area (Å²) in [5.41, 5.74) is 29.6. The van der Waals surface area contributed by atoms with Crippen molar-refractivity contribution in [3.05, 3.63) is 0 Å². The van der Waals surface area contributed by atoms with Gasteiger partial charge in [0.1, 0.15) is 25.2 Å². The third-order valence-electron chi connectivity index (χ3n) is 3.08. The zero-order chi connectivity index (χ0) is 21.5. The average Bonchev–Trinajstić information content (AvgIpc) is 2.66. The number of carbonyl (C=O) groups excluding carboxylic acids is 1. The number of aliphatic carboxylic acids is 1. The molecule has 220 valence electrons. The predicted octanol–water partition coefficient (Wildman–Crippen LogP) is -17.0. The van der Waals surface area contributed by atoms with Gasteiger partial charge in [-0.1, -0.05) is 27.7 Å². The molecular weight excluding hydrogens is 558 g/mol. The Morgan fingerprint density at radius 1 is 0.765 bits per heavy atom. The van der Waals surface area contributed by atoms with Crippen LogP contribution in [0.15, 0.2) is 0 Å². The lowest BCUT2D eigenvalue weighted by Gasteiger charge is -2.09. The van der Waals surface area contributed by atoms with E-state index < -0.39 is 18.1 Å². The van der Waals surface area contributed by atoms with E-state index in [0.717, 1.165) is 25.7 Å². The van der Waals surface area contributed by atoms with Gasteiger partial charge in [0.15, 0.2) is 0 Å². The minimum atomic E-state index is -0.933. The number of quaternary nitrogens is 1. The molecule has 0 aliphatic carbocycles. The molecule has 0 aromatic carbocycles. The highest BCUT2D eigenvalue weighted by atomic mass is 35.5. The van der Waals surface area contributed by atoms with Crippen LogP contribution in [0, 0.1) is 0 Å². The third-order valence-corrected chi connectivity index (χ3v) is 3.08. The van der Waals surface area contributed by atoms with Crippen LogP contribution in [-0.2, 0) is 14.3 Å². The molecule has 0 fully saturated rings. The van der Waals surface area contributed by atoms with Gasteiger partial charge in [-0.25, -0.2) is 0 Å². The highest BCUT2D eigenvalue weighted by Gasteiger charge is 2.13. The van der Waals surface area contributed by atoms with Gasteiger partial charge >= 0.3 is 11.9 Å². The Labute approximate surface area is 237 Å². The molecule has 0 unspecified atom stereocenters. The second kappa shape index (κ2) is 54.1. The number of esters is 1. The molecule has 0 spiro atoms. The van der Waals surface area contributed by atoms with Crippen molar-refractivity contribution in [3.63, 3.8) is 0 Å². The van der Waals surface area contributed by atoms with Crippen molar-refractivity contribution in [2.75, 3.05) is 39.4 Å². The van der Waals surface area contributed by atoms with E-state index in [2.05, 4.69) is 5.73 Å². The van der Waals surface area contributed by atoms with Gasteiger partial charge in [0.05, 0.1) is 6.61 Å². The normalized spacial score (nSPS) is 9.50. The van der Waals surface area contributed by atoms with Crippen molar-refractivity contribution in [2.45, 2.75) is 65.5 Å². The van der Waals surface area contributed by atoms with Gasteiger partial charge in [-0.2, -0.15) is 0 Å². The van der Waals surface area contributed by atoms with Gasteiger partial charge in [0.25, 0.3) is 0 Å². The third kappa shape index (κ3) is 58.2. The average molecular weight is 607 g/mol. The number of unbranched alkanes of at least 4 members (excludes halogenated alkanes) is 2. The SMILES string of the molecule is C.C.NCCCC[C@H](N)C(=O)O.NCCCC[C@H](N)C(=O)OCC[NH3+].NCCO.[Cl-].[Cl-].[Cl-].[Cl-].[Cl-]. The number of nitrogens with two attached hydrogens (primary N) is 5. The molecule has 34 heavy (non-hydrogen) atoms. The zero-order valence-corrected chi connectivity index (χ0v) is 22.0. The largest absolute Gasteiger partial charge is 1.00 e. The minimum absolute atomic E-state index is 0. The van der Waals surface area contributed by atoms with Gasteiger partial charge in [-0.3, -0.25) is 9.59 Å². The Kier molecular flexibility index (Phi) is 102. The molecule has 0 radical (unpaired) electrons. The molecule has 0 aromatic rings. The maximum Gasteiger partial charge on any atom is 0.323 e. The van der Waals surface area contributed by atoms with E-state index in [1.165, 1.54) is 0 Å². The molecule has 0 saturated heterocycles. The summed E-state index contributed by atoms with van der Waals surface area (Å²) >= 11 is 0. The number of hydrogen-bond acceptors (Lipinski definition) is 9. The molecule has 0 aliphatic rings. The van der Waals surface area contributed by atoms with Gasteiger partial charge in [-0.05, 0) is 38.8 Å². The Bertz CT molecular complexity index is 356. The number of carboxylic acid groups (broad SMARTS) is 1. The van der Waals surface area contributed by atoms with Crippen LogP contribution in [0.1, 0.15) is 53.4 Å². The number of aliphatic hydroxyl groups is 1. The van der Waals surface area contributed by atoms with Crippen molar-refractivity contribution >= 4 is 11.9 Å². The number of aliphatic hydroxyl groups excluding tert-OH is 1. The number of carboxylic acids is 1. The summed E-state index contributed by atoms with van der Waals surface area (Å²) in [6, 6.07) is -1.22. The number of halogens is 5. The van der Waals surface area contributed by atoms with Crippen molar-refractivity contribution < 1.29 is 92.3 Å². The molecule has 0 rings (SSSR count). The molecule has 0 aliphatic heterocycles. The van der Waals surface area contributed by atoms with Gasteiger partial charge < -0.3 is 111 Å². The summed E-state index contributed by atoms with van der Waals surface area (Å²) < 4.78 is 4.83. The topological polar surface area (TPSA) is 242 Å². The van der Waals surface area contributed by atoms with Gasteiger partial charge in [-0.15, -0.1) is 0 Å². The van der Waals surface area contributed by atoms with E-state index in [1.54, 1.807) is 0 Å². The van der Waals surface area contributed by atoms with E-state index in [9.17, 15) is 9.59 Å². The lowest BCUT2D eigenvalue weighted by atomic mass is 10.1. The van der Waals surface area contributed by atoms with Crippen LogP contribution in [0.3, 0.4) is 0 Å². The minimum Gasteiger partial charge on any atom is -1.00 e. The fourth-order valence-electron chi connectivity index (χ4n) is 1.54. The number of rotatable bonds is 13. The molecule has 16 heteroatoms. The predicted molar refractivity (Wildman–Crippen MR) is 118 cm³/mol. The monoisotopic (exact) mass is 604 g/mol. The van der Waals surface area contributed by atoms with E-state index in [4.69, 9.17) is 43.6 Å². The molecule has 0 heterocycles. The van der Waals surface area contributed by atoms with Crippen molar-refractivity contribution in [3.8, 4) is 0 Å². The lowest BCUT2D eigenvalue weighted by Crippen LogP contribution is -3.00. The fraction of sp³-hybridized carbons (Fsp3) is 0.889. The quantitative estimate of drug-likeness (QED) is 0.0727. The molecule has 0 amide bonds. The molecule has 0 aromatic heterocycles. The van der Waals surface area contributed by atoms with Gasteiger partial charge in [0, 0.05) is 6.54 Å². The summed E-state index contributed by atoms with van der Waals surface area (Å²) in [6.45, 7) is 2.65. The van der Waals surface area contributed by atoms with Crippen LogP contribution in [0.5, 0.6) is 0 Å². The van der Waals surface area contributed by atoms with Crippen LogP contribution in [0.4, 0.5) is 0 Å². The highest BCUT2D eigenvalue weighted by Crippen LogP contribution is 1.99. The first-order valence-corrected chi connectivity index (χ1v) is 9.23. The summed E-state index contributed by atoms with van der Waals surface area (Å²) in [4.78, 5) is 21.2. The smallest absolute Gasteiger partial charge is 0.323 e. The summed E-state index contributed by atoms with van der Waals surface area (Å²) in [5.74, 6) is -1.27. The first-order chi connectivity index (χ1) is 12.8.